The third-order valence-corrected chi connectivity index (χ3v) is 3.75. The Morgan fingerprint density at radius 3 is 2.45 bits per heavy atom. The molecule has 0 aliphatic rings. The van der Waals surface area contributed by atoms with E-state index in [2.05, 4.69) is 46.7 Å². The van der Waals surface area contributed by atoms with Gasteiger partial charge < -0.3 is 5.32 Å². The summed E-state index contributed by atoms with van der Waals surface area (Å²) >= 11 is 1.38. The second-order valence-corrected chi connectivity index (χ2v) is 5.48. The van der Waals surface area contributed by atoms with Crippen molar-refractivity contribution in [3.63, 3.8) is 0 Å². The molecule has 0 aliphatic carbocycles. The molecule has 0 fully saturated rings. The fourth-order valence-electron chi connectivity index (χ4n) is 1.97. The molecule has 0 unspecified atom stereocenters. The number of hydrogen-bond acceptors (Lipinski definition) is 4. The molecule has 0 amide bonds. The van der Waals surface area contributed by atoms with E-state index in [4.69, 9.17) is 0 Å². The molecule has 2 aromatic carbocycles. The lowest BCUT2D eigenvalue weighted by atomic mass is 10.1. The highest BCUT2D eigenvalue weighted by Crippen LogP contribution is 2.25. The molecule has 0 saturated heterocycles. The van der Waals surface area contributed by atoms with Gasteiger partial charge in [0.2, 0.25) is 5.13 Å². The minimum atomic E-state index is 0.780. The van der Waals surface area contributed by atoms with Crippen LogP contribution in [0.1, 0.15) is 11.1 Å². The molecule has 4 heteroatoms. The van der Waals surface area contributed by atoms with E-state index in [9.17, 15) is 0 Å². The summed E-state index contributed by atoms with van der Waals surface area (Å²) in [6.45, 7) is 4.15. The maximum Gasteiger partial charge on any atom is 0.207 e. The number of benzene rings is 2. The van der Waals surface area contributed by atoms with Gasteiger partial charge in [0.1, 0.15) is 0 Å². The number of nitrogens with zero attached hydrogens (tertiary/aromatic N) is 2. The van der Waals surface area contributed by atoms with Crippen molar-refractivity contribution in [3.05, 3.63) is 59.7 Å². The minimum absolute atomic E-state index is 0.780. The molecule has 1 N–H and O–H groups in total. The van der Waals surface area contributed by atoms with Gasteiger partial charge in [-0.3, -0.25) is 0 Å². The summed E-state index contributed by atoms with van der Waals surface area (Å²) in [4.78, 5) is 4.56. The van der Waals surface area contributed by atoms with Gasteiger partial charge in [0, 0.05) is 22.8 Å². The maximum atomic E-state index is 4.56. The van der Waals surface area contributed by atoms with Crippen molar-refractivity contribution in [1.82, 2.24) is 9.36 Å². The van der Waals surface area contributed by atoms with Gasteiger partial charge in [0.15, 0.2) is 5.82 Å². The Morgan fingerprint density at radius 1 is 0.950 bits per heavy atom. The Balaban J connectivity index is 1.84. The van der Waals surface area contributed by atoms with Gasteiger partial charge in [0.05, 0.1) is 0 Å². The van der Waals surface area contributed by atoms with Gasteiger partial charge >= 0.3 is 0 Å². The first-order valence-corrected chi connectivity index (χ1v) is 7.23. The third kappa shape index (κ3) is 2.70. The van der Waals surface area contributed by atoms with Crippen LogP contribution < -0.4 is 5.32 Å². The van der Waals surface area contributed by atoms with Crippen LogP contribution >= 0.6 is 11.5 Å². The van der Waals surface area contributed by atoms with Crippen molar-refractivity contribution in [3.8, 4) is 11.4 Å². The van der Waals surface area contributed by atoms with E-state index >= 15 is 0 Å². The van der Waals surface area contributed by atoms with E-state index in [1.54, 1.807) is 0 Å². The lowest BCUT2D eigenvalue weighted by Crippen LogP contribution is -1.90. The van der Waals surface area contributed by atoms with Crippen molar-refractivity contribution < 1.29 is 0 Å². The molecule has 1 aromatic heterocycles. The Labute approximate surface area is 122 Å². The fraction of sp³-hybridized carbons (Fsp3) is 0.125. The summed E-state index contributed by atoms with van der Waals surface area (Å²) in [6, 6.07) is 16.4. The molecule has 3 aromatic rings. The molecular weight excluding hydrogens is 266 g/mol. The van der Waals surface area contributed by atoms with E-state index in [1.165, 1.54) is 22.7 Å². The van der Waals surface area contributed by atoms with Gasteiger partial charge in [-0.1, -0.05) is 42.0 Å². The average molecular weight is 281 g/mol. The maximum absolute atomic E-state index is 4.56. The highest BCUT2D eigenvalue weighted by Gasteiger charge is 2.08. The number of nitrogens with one attached hydrogen (secondary N) is 1. The van der Waals surface area contributed by atoms with Gasteiger partial charge in [-0.2, -0.15) is 9.36 Å². The fourth-order valence-corrected chi connectivity index (χ4v) is 2.57. The molecule has 0 atom stereocenters. The number of aryl methyl sites for hydroxylation is 2. The molecular formula is C16H15N3S. The van der Waals surface area contributed by atoms with Crippen LogP contribution in [-0.2, 0) is 0 Å². The minimum Gasteiger partial charge on any atom is -0.330 e. The zero-order chi connectivity index (χ0) is 13.9. The van der Waals surface area contributed by atoms with E-state index in [0.29, 0.717) is 0 Å². The quantitative estimate of drug-likeness (QED) is 0.764. The second-order valence-electron chi connectivity index (χ2n) is 4.73. The second kappa shape index (κ2) is 5.43. The lowest BCUT2D eigenvalue weighted by Gasteiger charge is -2.02. The summed E-state index contributed by atoms with van der Waals surface area (Å²) in [5.74, 6) is 0.780. The number of hydrogen-bond donors (Lipinski definition) is 1. The molecule has 0 spiro atoms. The summed E-state index contributed by atoms with van der Waals surface area (Å²) in [7, 11) is 0. The Morgan fingerprint density at radius 2 is 1.70 bits per heavy atom. The van der Waals surface area contributed by atoms with Crippen LogP contribution in [0.15, 0.2) is 48.5 Å². The van der Waals surface area contributed by atoms with Crippen molar-refractivity contribution in [2.45, 2.75) is 13.8 Å². The van der Waals surface area contributed by atoms with Gasteiger partial charge in [0.25, 0.3) is 0 Å². The van der Waals surface area contributed by atoms with Crippen LogP contribution in [0.25, 0.3) is 11.4 Å². The molecule has 1 heterocycles. The monoisotopic (exact) mass is 281 g/mol. The summed E-state index contributed by atoms with van der Waals surface area (Å²) in [6.07, 6.45) is 0. The highest BCUT2D eigenvalue weighted by atomic mass is 32.1. The predicted octanol–water partition coefficient (Wildman–Crippen LogP) is 4.57. The topological polar surface area (TPSA) is 37.8 Å². The first-order valence-electron chi connectivity index (χ1n) is 6.46. The SMILES string of the molecule is Cc1ccc(Nc2nc(-c3ccccc3C)ns2)cc1. The normalized spacial score (nSPS) is 10.5. The molecule has 0 saturated carbocycles. The van der Waals surface area contributed by atoms with Gasteiger partial charge in [-0.15, -0.1) is 0 Å². The Bertz CT molecular complexity index is 717. The highest BCUT2D eigenvalue weighted by molar-refractivity contribution is 7.09. The largest absolute Gasteiger partial charge is 0.330 e. The summed E-state index contributed by atoms with van der Waals surface area (Å²) in [5.41, 5.74) is 4.55. The average Bonchev–Trinajstić information content (AvgIpc) is 2.90. The Hall–Kier alpha value is -2.20. The first-order chi connectivity index (χ1) is 9.72. The van der Waals surface area contributed by atoms with Crippen molar-refractivity contribution in [2.75, 3.05) is 5.32 Å². The van der Waals surface area contributed by atoms with Crippen LogP contribution in [0.5, 0.6) is 0 Å². The molecule has 3 nitrogen and oxygen atoms in total. The van der Waals surface area contributed by atoms with Crippen LogP contribution in [0, 0.1) is 13.8 Å². The van der Waals surface area contributed by atoms with Crippen LogP contribution in [0.4, 0.5) is 10.8 Å². The van der Waals surface area contributed by atoms with Crippen LogP contribution in [0.2, 0.25) is 0 Å². The molecule has 3 rings (SSSR count). The molecule has 0 bridgehead atoms. The van der Waals surface area contributed by atoms with Gasteiger partial charge in [-0.25, -0.2) is 0 Å². The smallest absolute Gasteiger partial charge is 0.207 e. The van der Waals surface area contributed by atoms with Crippen molar-refractivity contribution in [2.24, 2.45) is 0 Å². The molecule has 100 valence electrons. The first kappa shape index (κ1) is 12.8. The van der Waals surface area contributed by atoms with Gasteiger partial charge in [-0.05, 0) is 31.5 Å². The number of rotatable bonds is 3. The van der Waals surface area contributed by atoms with Crippen LogP contribution in [-0.4, -0.2) is 9.36 Å². The molecule has 0 aliphatic heterocycles. The lowest BCUT2D eigenvalue weighted by molar-refractivity contribution is 1.29. The zero-order valence-corrected chi connectivity index (χ0v) is 12.2. The van der Waals surface area contributed by atoms with Crippen molar-refractivity contribution in [1.29, 1.82) is 0 Å². The molecule has 20 heavy (non-hydrogen) atoms. The van der Waals surface area contributed by atoms with E-state index in [1.807, 2.05) is 30.3 Å². The summed E-state index contributed by atoms with van der Waals surface area (Å²) in [5, 5.41) is 4.10. The number of anilines is 2. The van der Waals surface area contributed by atoms with E-state index in [-0.39, 0.29) is 0 Å². The summed E-state index contributed by atoms with van der Waals surface area (Å²) < 4.78 is 4.43. The molecule has 0 radical (unpaired) electrons. The standard InChI is InChI=1S/C16H15N3S/c1-11-7-9-13(10-8-11)17-16-18-15(19-20-16)14-6-4-3-5-12(14)2/h3-10H,1-2H3,(H,17,18,19). The third-order valence-electron chi connectivity index (χ3n) is 3.11. The Kier molecular flexibility index (Phi) is 3.48. The predicted molar refractivity (Wildman–Crippen MR) is 84.5 cm³/mol. The van der Waals surface area contributed by atoms with E-state index in [0.717, 1.165) is 22.2 Å². The van der Waals surface area contributed by atoms with E-state index < -0.39 is 0 Å². The van der Waals surface area contributed by atoms with Crippen molar-refractivity contribution >= 4 is 22.4 Å². The zero-order valence-electron chi connectivity index (χ0n) is 11.4. The number of aromatic nitrogens is 2. The van der Waals surface area contributed by atoms with Crippen LogP contribution in [0.3, 0.4) is 0 Å².